The maximum atomic E-state index is 12.6. The van der Waals surface area contributed by atoms with Gasteiger partial charge in [0.1, 0.15) is 6.04 Å². The summed E-state index contributed by atoms with van der Waals surface area (Å²) >= 11 is 5.98. The molecule has 5 nitrogen and oxygen atoms in total. The van der Waals surface area contributed by atoms with E-state index in [1.165, 1.54) is 0 Å². The number of fused-ring (bicyclic) bond motifs is 1. The number of amides is 2. The van der Waals surface area contributed by atoms with Gasteiger partial charge in [-0.2, -0.15) is 0 Å². The molecule has 0 spiro atoms. The number of nitrogens with one attached hydrogen (secondary N) is 2. The van der Waals surface area contributed by atoms with Gasteiger partial charge >= 0.3 is 0 Å². The highest BCUT2D eigenvalue weighted by atomic mass is 35.5. The number of pyridine rings is 1. The van der Waals surface area contributed by atoms with Crippen LogP contribution in [0.4, 0.5) is 5.69 Å². The number of carbonyl (C=O) groups is 2. The predicted octanol–water partition coefficient (Wildman–Crippen LogP) is 3.62. The van der Waals surface area contributed by atoms with Crippen LogP contribution >= 0.6 is 11.6 Å². The van der Waals surface area contributed by atoms with Crippen LogP contribution in [0.5, 0.6) is 0 Å². The second kappa shape index (κ2) is 7.82. The van der Waals surface area contributed by atoms with Crippen molar-refractivity contribution < 1.29 is 9.59 Å². The summed E-state index contributed by atoms with van der Waals surface area (Å²) in [6.07, 6.45) is 4.11. The van der Waals surface area contributed by atoms with Gasteiger partial charge in [0, 0.05) is 35.1 Å². The summed E-state index contributed by atoms with van der Waals surface area (Å²) in [6.45, 7) is 0. The van der Waals surface area contributed by atoms with Crippen molar-refractivity contribution in [2.24, 2.45) is 0 Å². The number of nitrogens with zero attached hydrogens (tertiary/aromatic N) is 1. The number of hydrogen-bond donors (Lipinski definition) is 2. The van der Waals surface area contributed by atoms with E-state index in [1.54, 1.807) is 24.5 Å². The molecule has 1 atom stereocenters. The number of carbonyl (C=O) groups excluding carboxylic acids is 2. The Balaban J connectivity index is 1.49. The standard InChI is InChI=1S/C22H18ClN3O2/c23-17-8-7-15-10-20(22(28)26-19(15)12-17)25-21(27)11-14-4-1-2-6-18(14)16-5-3-9-24-13-16/h1-9,12-13,20H,10-11H2,(H,25,27)(H,26,28). The van der Waals surface area contributed by atoms with Gasteiger partial charge in [-0.3, -0.25) is 14.6 Å². The number of rotatable bonds is 4. The summed E-state index contributed by atoms with van der Waals surface area (Å²) in [5, 5.41) is 6.23. The zero-order valence-electron chi connectivity index (χ0n) is 15.0. The lowest BCUT2D eigenvalue weighted by Crippen LogP contribution is -2.48. The van der Waals surface area contributed by atoms with Crippen LogP contribution in [0.2, 0.25) is 5.02 Å². The number of benzene rings is 2. The summed E-state index contributed by atoms with van der Waals surface area (Å²) in [5.74, 6) is -0.433. The van der Waals surface area contributed by atoms with Crippen molar-refractivity contribution in [3.8, 4) is 11.1 Å². The van der Waals surface area contributed by atoms with E-state index < -0.39 is 6.04 Å². The molecule has 0 bridgehead atoms. The minimum absolute atomic E-state index is 0.183. The molecular weight excluding hydrogens is 374 g/mol. The topological polar surface area (TPSA) is 71.1 Å². The van der Waals surface area contributed by atoms with Crippen LogP contribution < -0.4 is 10.6 Å². The van der Waals surface area contributed by atoms with Gasteiger partial charge in [-0.15, -0.1) is 0 Å². The van der Waals surface area contributed by atoms with Crippen LogP contribution in [-0.4, -0.2) is 22.8 Å². The highest BCUT2D eigenvalue weighted by Gasteiger charge is 2.27. The molecule has 1 aliphatic heterocycles. The van der Waals surface area contributed by atoms with E-state index >= 15 is 0 Å². The molecule has 0 radical (unpaired) electrons. The van der Waals surface area contributed by atoms with Gasteiger partial charge in [-0.1, -0.05) is 48.0 Å². The molecule has 1 aliphatic rings. The maximum Gasteiger partial charge on any atom is 0.247 e. The van der Waals surface area contributed by atoms with Gasteiger partial charge in [0.2, 0.25) is 11.8 Å². The summed E-state index contributed by atoms with van der Waals surface area (Å²) in [4.78, 5) is 29.2. The van der Waals surface area contributed by atoms with Crippen LogP contribution in [0.25, 0.3) is 11.1 Å². The number of anilines is 1. The van der Waals surface area contributed by atoms with E-state index in [2.05, 4.69) is 15.6 Å². The molecule has 2 N–H and O–H groups in total. The fourth-order valence-electron chi connectivity index (χ4n) is 3.39. The molecule has 6 heteroatoms. The first-order chi connectivity index (χ1) is 13.6. The predicted molar refractivity (Wildman–Crippen MR) is 109 cm³/mol. The van der Waals surface area contributed by atoms with Crippen molar-refractivity contribution in [1.82, 2.24) is 10.3 Å². The molecule has 2 heterocycles. The Kier molecular flexibility index (Phi) is 5.08. The number of hydrogen-bond acceptors (Lipinski definition) is 3. The lowest BCUT2D eigenvalue weighted by molar-refractivity contribution is -0.126. The molecule has 3 aromatic rings. The normalized spacial score (nSPS) is 15.5. The third-order valence-electron chi connectivity index (χ3n) is 4.75. The van der Waals surface area contributed by atoms with E-state index in [-0.39, 0.29) is 18.2 Å². The van der Waals surface area contributed by atoms with Gasteiger partial charge in [-0.05, 0) is 34.9 Å². The summed E-state index contributed by atoms with van der Waals surface area (Å²) in [6, 6.07) is 16.3. The van der Waals surface area contributed by atoms with Crippen molar-refractivity contribution in [3.63, 3.8) is 0 Å². The fourth-order valence-corrected chi connectivity index (χ4v) is 3.56. The minimum atomic E-state index is -0.605. The summed E-state index contributed by atoms with van der Waals surface area (Å²) in [5.41, 5.74) is 4.44. The van der Waals surface area contributed by atoms with Gasteiger partial charge in [0.25, 0.3) is 0 Å². The molecule has 0 aliphatic carbocycles. The molecule has 0 fully saturated rings. The average molecular weight is 392 g/mol. The Morgan fingerprint density at radius 3 is 2.86 bits per heavy atom. The zero-order chi connectivity index (χ0) is 19.5. The SMILES string of the molecule is O=C(Cc1ccccc1-c1cccnc1)NC1Cc2ccc(Cl)cc2NC1=O. The minimum Gasteiger partial charge on any atom is -0.344 e. The van der Waals surface area contributed by atoms with Crippen LogP contribution in [-0.2, 0) is 22.4 Å². The highest BCUT2D eigenvalue weighted by molar-refractivity contribution is 6.31. The van der Waals surface area contributed by atoms with Crippen molar-refractivity contribution in [2.45, 2.75) is 18.9 Å². The molecule has 140 valence electrons. The van der Waals surface area contributed by atoms with Crippen LogP contribution in [0.15, 0.2) is 67.0 Å². The smallest absolute Gasteiger partial charge is 0.247 e. The van der Waals surface area contributed by atoms with E-state index in [9.17, 15) is 9.59 Å². The monoisotopic (exact) mass is 391 g/mol. The molecule has 2 amide bonds. The molecule has 1 aromatic heterocycles. The number of halogens is 1. The van der Waals surface area contributed by atoms with Crippen molar-refractivity contribution in [2.75, 3.05) is 5.32 Å². The highest BCUT2D eigenvalue weighted by Crippen LogP contribution is 2.26. The molecule has 28 heavy (non-hydrogen) atoms. The molecule has 4 rings (SSSR count). The Morgan fingerprint density at radius 2 is 2.04 bits per heavy atom. The molecule has 1 unspecified atom stereocenters. The van der Waals surface area contributed by atoms with Crippen LogP contribution in [0.1, 0.15) is 11.1 Å². The zero-order valence-corrected chi connectivity index (χ0v) is 15.7. The van der Waals surface area contributed by atoms with Crippen molar-refractivity contribution in [1.29, 1.82) is 0 Å². The Hall–Kier alpha value is -3.18. The second-order valence-corrected chi connectivity index (χ2v) is 7.13. The first-order valence-corrected chi connectivity index (χ1v) is 9.35. The Morgan fingerprint density at radius 1 is 1.18 bits per heavy atom. The van der Waals surface area contributed by atoms with Crippen molar-refractivity contribution >= 4 is 29.1 Å². The lowest BCUT2D eigenvalue weighted by atomic mass is 9.97. The van der Waals surface area contributed by atoms with Crippen LogP contribution in [0, 0.1) is 0 Å². The Labute approximate surface area is 167 Å². The molecular formula is C22H18ClN3O2. The molecule has 0 saturated heterocycles. The first-order valence-electron chi connectivity index (χ1n) is 8.97. The van der Waals surface area contributed by atoms with Gasteiger partial charge in [0.05, 0.1) is 6.42 Å². The van der Waals surface area contributed by atoms with E-state index in [4.69, 9.17) is 11.6 Å². The second-order valence-electron chi connectivity index (χ2n) is 6.69. The first kappa shape index (κ1) is 18.2. The molecule has 2 aromatic carbocycles. The third kappa shape index (κ3) is 3.89. The summed E-state index contributed by atoms with van der Waals surface area (Å²) < 4.78 is 0. The van der Waals surface area contributed by atoms with Gasteiger partial charge < -0.3 is 10.6 Å². The Bertz CT molecular complexity index is 1040. The largest absolute Gasteiger partial charge is 0.344 e. The molecule has 0 saturated carbocycles. The summed E-state index contributed by atoms with van der Waals surface area (Å²) in [7, 11) is 0. The van der Waals surface area contributed by atoms with E-state index in [0.717, 1.165) is 22.3 Å². The lowest BCUT2D eigenvalue weighted by Gasteiger charge is -2.25. The van der Waals surface area contributed by atoms with Gasteiger partial charge in [-0.25, -0.2) is 0 Å². The maximum absolute atomic E-state index is 12.6. The van der Waals surface area contributed by atoms with Gasteiger partial charge in [0.15, 0.2) is 0 Å². The van der Waals surface area contributed by atoms with Crippen LogP contribution in [0.3, 0.4) is 0 Å². The van der Waals surface area contributed by atoms with E-state index in [1.807, 2.05) is 42.5 Å². The van der Waals surface area contributed by atoms with Crippen molar-refractivity contribution in [3.05, 3.63) is 83.1 Å². The number of aromatic nitrogens is 1. The quantitative estimate of drug-likeness (QED) is 0.713. The fraction of sp³-hybridized carbons (Fsp3) is 0.136. The third-order valence-corrected chi connectivity index (χ3v) is 4.98. The van der Waals surface area contributed by atoms with E-state index in [0.29, 0.717) is 17.1 Å². The average Bonchev–Trinajstić information content (AvgIpc) is 2.70.